The predicted octanol–water partition coefficient (Wildman–Crippen LogP) is 3.23. The number of halogens is 4. The van der Waals surface area contributed by atoms with Gasteiger partial charge in [0.05, 0.1) is 32.6 Å². The average molecular weight is 469 g/mol. The van der Waals surface area contributed by atoms with Crippen LogP contribution in [0.25, 0.3) is 0 Å². The normalized spacial score (nSPS) is 16.8. The number of nitrogens with zero attached hydrogens (tertiary/aromatic N) is 1. The molecule has 1 saturated heterocycles. The molecule has 2 aromatic carbocycles. The molecule has 0 aromatic heterocycles. The molecule has 1 aliphatic rings. The molecule has 0 bridgehead atoms. The van der Waals surface area contributed by atoms with Crippen LogP contribution < -0.4 is 9.03 Å². The molecule has 1 amide bonds. The largest absolute Gasteiger partial charge is 0.417 e. The molecule has 156 valence electrons. The van der Waals surface area contributed by atoms with Gasteiger partial charge in [-0.3, -0.25) is 9.52 Å². The van der Waals surface area contributed by atoms with Crippen molar-refractivity contribution in [3.05, 3.63) is 53.1 Å². The Labute approximate surface area is 169 Å². The van der Waals surface area contributed by atoms with Gasteiger partial charge in [0, 0.05) is 6.42 Å². The number of carbonyl (C=O) groups is 1. The Morgan fingerprint density at radius 3 is 2.17 bits per heavy atom. The zero-order valence-electron chi connectivity index (χ0n) is 14.3. The van der Waals surface area contributed by atoms with E-state index in [0.29, 0.717) is 10.4 Å². The van der Waals surface area contributed by atoms with E-state index in [2.05, 4.69) is 4.72 Å². The van der Waals surface area contributed by atoms with E-state index in [9.17, 15) is 34.8 Å². The molecule has 0 aliphatic carbocycles. The van der Waals surface area contributed by atoms with Crippen molar-refractivity contribution in [1.29, 1.82) is 0 Å². The first kappa shape index (κ1) is 21.4. The minimum Gasteiger partial charge on any atom is -0.280 e. The summed E-state index contributed by atoms with van der Waals surface area (Å²) >= 11 is 5.57. The van der Waals surface area contributed by atoms with Crippen molar-refractivity contribution in [1.82, 2.24) is 0 Å². The third-order valence-corrected chi connectivity index (χ3v) is 7.39. The standard InChI is InChI=1S/C16H12ClF3N2O5S2/c17-14-9-10(1-6-13(14)16(18,19)20)21-29(26,27)12-4-2-11(3-5-12)22-15(23)7-8-28(22,24)25/h1-6,9,21H,7-8H2. The first-order valence-corrected chi connectivity index (χ1v) is 11.3. The van der Waals surface area contributed by atoms with E-state index >= 15 is 0 Å². The molecule has 29 heavy (non-hydrogen) atoms. The molecule has 0 saturated carbocycles. The summed E-state index contributed by atoms with van der Waals surface area (Å²) in [6, 6.07) is 6.83. The molecule has 1 N–H and O–H groups in total. The SMILES string of the molecule is O=C1CCS(=O)(=O)N1c1ccc(S(=O)(=O)Nc2ccc(C(F)(F)F)c(Cl)c2)cc1. The van der Waals surface area contributed by atoms with Crippen molar-refractivity contribution in [3.8, 4) is 0 Å². The van der Waals surface area contributed by atoms with Gasteiger partial charge in [-0.2, -0.15) is 13.2 Å². The highest BCUT2D eigenvalue weighted by atomic mass is 35.5. The molecule has 0 spiro atoms. The lowest BCUT2D eigenvalue weighted by Crippen LogP contribution is -2.29. The number of alkyl halides is 3. The first-order valence-electron chi connectivity index (χ1n) is 7.87. The Morgan fingerprint density at radius 2 is 1.69 bits per heavy atom. The van der Waals surface area contributed by atoms with E-state index in [-0.39, 0.29) is 28.4 Å². The summed E-state index contributed by atoms with van der Waals surface area (Å²) in [6.45, 7) is 0. The number of sulfonamides is 2. The summed E-state index contributed by atoms with van der Waals surface area (Å²) in [5.74, 6) is -0.958. The average Bonchev–Trinajstić information content (AvgIpc) is 2.86. The molecule has 7 nitrogen and oxygen atoms in total. The molecule has 2 aromatic rings. The number of hydrogen-bond donors (Lipinski definition) is 1. The van der Waals surface area contributed by atoms with Crippen LogP contribution in [0.5, 0.6) is 0 Å². The fraction of sp³-hybridized carbons (Fsp3) is 0.188. The maximum Gasteiger partial charge on any atom is 0.417 e. The number of anilines is 2. The van der Waals surface area contributed by atoms with Crippen LogP contribution in [-0.4, -0.2) is 28.5 Å². The van der Waals surface area contributed by atoms with Crippen LogP contribution in [-0.2, 0) is 31.0 Å². The minimum atomic E-state index is -4.68. The Kier molecular flexibility index (Phi) is 5.30. The lowest BCUT2D eigenvalue weighted by atomic mass is 10.2. The van der Waals surface area contributed by atoms with Gasteiger partial charge in [0.2, 0.25) is 15.9 Å². The zero-order chi connectivity index (χ0) is 21.6. The number of nitrogens with one attached hydrogen (secondary N) is 1. The van der Waals surface area contributed by atoms with Crippen molar-refractivity contribution in [2.75, 3.05) is 14.8 Å². The third-order valence-electron chi connectivity index (χ3n) is 3.99. The second-order valence-electron chi connectivity index (χ2n) is 6.02. The summed E-state index contributed by atoms with van der Waals surface area (Å²) in [5.41, 5.74) is -1.31. The number of rotatable bonds is 4. The van der Waals surface area contributed by atoms with Crippen LogP contribution >= 0.6 is 11.6 Å². The highest BCUT2D eigenvalue weighted by molar-refractivity contribution is 7.94. The van der Waals surface area contributed by atoms with Gasteiger partial charge in [-0.1, -0.05) is 11.6 Å². The molecule has 3 rings (SSSR count). The van der Waals surface area contributed by atoms with Crippen molar-refractivity contribution < 1.29 is 34.8 Å². The van der Waals surface area contributed by atoms with E-state index in [1.807, 2.05) is 0 Å². The summed E-state index contributed by atoms with van der Waals surface area (Å²) < 4.78 is 89.6. The molecule has 0 unspecified atom stereocenters. The maximum atomic E-state index is 12.7. The monoisotopic (exact) mass is 468 g/mol. The third kappa shape index (κ3) is 4.33. The van der Waals surface area contributed by atoms with Gasteiger partial charge < -0.3 is 0 Å². The fourth-order valence-corrected chi connectivity index (χ4v) is 5.45. The quantitative estimate of drug-likeness (QED) is 0.742. The van der Waals surface area contributed by atoms with E-state index < -0.39 is 42.7 Å². The minimum absolute atomic E-state index is 0.0102. The Morgan fingerprint density at radius 1 is 1.07 bits per heavy atom. The van der Waals surface area contributed by atoms with Crippen molar-refractivity contribution in [2.45, 2.75) is 17.5 Å². The highest BCUT2D eigenvalue weighted by Crippen LogP contribution is 2.36. The summed E-state index contributed by atoms with van der Waals surface area (Å²) in [6.07, 6.45) is -4.85. The fourth-order valence-electron chi connectivity index (χ4n) is 2.65. The van der Waals surface area contributed by atoms with Crippen molar-refractivity contribution >= 4 is 48.9 Å². The first-order chi connectivity index (χ1) is 13.3. The van der Waals surface area contributed by atoms with Gasteiger partial charge in [0.15, 0.2) is 0 Å². The highest BCUT2D eigenvalue weighted by Gasteiger charge is 2.36. The van der Waals surface area contributed by atoms with Crippen LogP contribution in [0, 0.1) is 0 Å². The predicted molar refractivity (Wildman–Crippen MR) is 99.6 cm³/mol. The van der Waals surface area contributed by atoms with Crippen LogP contribution in [0.1, 0.15) is 12.0 Å². The summed E-state index contributed by atoms with van der Waals surface area (Å²) in [7, 11) is -8.00. The lowest BCUT2D eigenvalue weighted by molar-refractivity contribution is -0.137. The molecule has 0 radical (unpaired) electrons. The van der Waals surface area contributed by atoms with Crippen LogP contribution in [0.4, 0.5) is 24.5 Å². The Balaban J connectivity index is 1.85. The topological polar surface area (TPSA) is 101 Å². The van der Waals surface area contributed by atoms with Crippen molar-refractivity contribution in [2.24, 2.45) is 0 Å². The Hall–Kier alpha value is -2.31. The van der Waals surface area contributed by atoms with E-state index in [0.717, 1.165) is 36.4 Å². The lowest BCUT2D eigenvalue weighted by Gasteiger charge is -2.16. The molecular formula is C16H12ClF3N2O5S2. The number of benzene rings is 2. The maximum absolute atomic E-state index is 12.7. The molecule has 0 atom stereocenters. The van der Waals surface area contributed by atoms with Crippen LogP contribution in [0.15, 0.2) is 47.4 Å². The Bertz CT molecular complexity index is 1180. The second-order valence-corrected chi connectivity index (χ2v) is 10.0. The van der Waals surface area contributed by atoms with Crippen LogP contribution in [0.3, 0.4) is 0 Å². The molecule has 1 heterocycles. The molecular weight excluding hydrogens is 457 g/mol. The summed E-state index contributed by atoms with van der Waals surface area (Å²) in [4.78, 5) is 11.5. The van der Waals surface area contributed by atoms with Gasteiger partial charge in [0.1, 0.15) is 0 Å². The van der Waals surface area contributed by atoms with Gasteiger partial charge in [-0.25, -0.2) is 21.1 Å². The van der Waals surface area contributed by atoms with Crippen LogP contribution in [0.2, 0.25) is 5.02 Å². The van der Waals surface area contributed by atoms with Crippen molar-refractivity contribution in [3.63, 3.8) is 0 Å². The molecule has 1 aliphatic heterocycles. The van der Waals surface area contributed by atoms with E-state index in [1.54, 1.807) is 0 Å². The second kappa shape index (κ2) is 7.18. The van der Waals surface area contributed by atoms with E-state index in [4.69, 9.17) is 11.6 Å². The number of hydrogen-bond acceptors (Lipinski definition) is 5. The van der Waals surface area contributed by atoms with Gasteiger partial charge in [-0.15, -0.1) is 0 Å². The number of amides is 1. The number of carbonyl (C=O) groups excluding carboxylic acids is 1. The molecule has 13 heteroatoms. The van der Waals surface area contributed by atoms with Gasteiger partial charge in [0.25, 0.3) is 10.0 Å². The van der Waals surface area contributed by atoms with Gasteiger partial charge in [-0.05, 0) is 42.5 Å². The van der Waals surface area contributed by atoms with Gasteiger partial charge >= 0.3 is 6.18 Å². The zero-order valence-corrected chi connectivity index (χ0v) is 16.7. The van der Waals surface area contributed by atoms with E-state index in [1.165, 1.54) is 0 Å². The summed E-state index contributed by atoms with van der Waals surface area (Å²) in [5, 5.41) is -0.675. The smallest absolute Gasteiger partial charge is 0.280 e. The molecule has 1 fully saturated rings.